The Kier molecular flexibility index (Phi) is 3.95. The van der Waals surface area contributed by atoms with Gasteiger partial charge in [-0.15, -0.1) is 0 Å². The Morgan fingerprint density at radius 2 is 2.29 bits per heavy atom. The molecule has 1 aromatic rings. The first kappa shape index (κ1) is 11.0. The van der Waals surface area contributed by atoms with Crippen LogP contribution in [0.25, 0.3) is 0 Å². The largest absolute Gasteiger partial charge is 0.432 e. The molecule has 0 fully saturated rings. The number of aromatic nitrogens is 1. The molecule has 0 saturated carbocycles. The van der Waals surface area contributed by atoms with Gasteiger partial charge in [-0.3, -0.25) is 0 Å². The van der Waals surface area contributed by atoms with E-state index in [4.69, 9.17) is 4.42 Å². The average Bonchev–Trinajstić information content (AvgIpc) is 2.62. The summed E-state index contributed by atoms with van der Waals surface area (Å²) in [5, 5.41) is 3.29. The van der Waals surface area contributed by atoms with E-state index in [0.717, 1.165) is 18.8 Å². The van der Waals surface area contributed by atoms with Gasteiger partial charge in [-0.05, 0) is 6.92 Å². The number of hydrogen-bond donors (Lipinski definition) is 1. The third kappa shape index (κ3) is 3.03. The molecule has 0 unspecified atom stereocenters. The molecule has 1 rings (SSSR count). The molecule has 0 amide bonds. The van der Waals surface area contributed by atoms with Crippen molar-refractivity contribution in [2.24, 2.45) is 0 Å². The minimum atomic E-state index is 0.471. The minimum absolute atomic E-state index is 0.471. The Bertz CT molecular complexity index is 270. The summed E-state index contributed by atoms with van der Waals surface area (Å²) in [5.41, 5.74) is 0.953. The summed E-state index contributed by atoms with van der Waals surface area (Å²) in [6.07, 6.45) is 1.71. The van der Waals surface area contributed by atoms with Crippen molar-refractivity contribution in [3.63, 3.8) is 0 Å². The van der Waals surface area contributed by atoms with Gasteiger partial charge in [0.05, 0.1) is 5.69 Å². The zero-order valence-electron chi connectivity index (χ0n) is 9.37. The van der Waals surface area contributed by atoms with Crippen LogP contribution in [-0.4, -0.2) is 24.6 Å². The minimum Gasteiger partial charge on any atom is -0.432 e. The number of hydrogen-bond acceptors (Lipinski definition) is 4. The van der Waals surface area contributed by atoms with E-state index in [2.05, 4.69) is 31.1 Å². The van der Waals surface area contributed by atoms with E-state index >= 15 is 0 Å². The highest BCUT2D eigenvalue weighted by Gasteiger charge is 2.06. The second kappa shape index (κ2) is 5.00. The van der Waals surface area contributed by atoms with Crippen LogP contribution in [0.4, 0.5) is 6.01 Å². The van der Waals surface area contributed by atoms with E-state index in [0.29, 0.717) is 12.1 Å². The average molecular weight is 197 g/mol. The van der Waals surface area contributed by atoms with E-state index in [1.807, 2.05) is 11.9 Å². The first-order chi connectivity index (χ1) is 6.63. The maximum Gasteiger partial charge on any atom is 0.297 e. The van der Waals surface area contributed by atoms with Gasteiger partial charge in [0, 0.05) is 26.2 Å². The third-order valence-electron chi connectivity index (χ3n) is 2.03. The van der Waals surface area contributed by atoms with E-state index in [1.165, 1.54) is 0 Å². The summed E-state index contributed by atoms with van der Waals surface area (Å²) >= 11 is 0. The molecule has 1 heterocycles. The van der Waals surface area contributed by atoms with Gasteiger partial charge in [-0.2, -0.15) is 4.98 Å². The van der Waals surface area contributed by atoms with Crippen molar-refractivity contribution < 1.29 is 4.42 Å². The molecule has 0 spiro atoms. The van der Waals surface area contributed by atoms with Crippen molar-refractivity contribution in [2.75, 3.05) is 18.5 Å². The van der Waals surface area contributed by atoms with Crippen LogP contribution in [0.3, 0.4) is 0 Å². The monoisotopic (exact) mass is 197 g/mol. The molecule has 1 aromatic heterocycles. The fourth-order valence-electron chi connectivity index (χ4n) is 0.997. The van der Waals surface area contributed by atoms with Crippen LogP contribution < -0.4 is 10.2 Å². The normalized spacial score (nSPS) is 10.9. The summed E-state index contributed by atoms with van der Waals surface area (Å²) in [5.74, 6) is 0. The molecule has 0 atom stereocenters. The first-order valence-electron chi connectivity index (χ1n) is 5.02. The van der Waals surface area contributed by atoms with Gasteiger partial charge in [-0.1, -0.05) is 13.8 Å². The Hall–Kier alpha value is -1.03. The molecule has 4 heteroatoms. The summed E-state index contributed by atoms with van der Waals surface area (Å²) in [7, 11) is 1.96. The van der Waals surface area contributed by atoms with Crippen molar-refractivity contribution in [3.05, 3.63) is 12.0 Å². The molecule has 80 valence electrons. The lowest BCUT2D eigenvalue weighted by Gasteiger charge is -2.09. The van der Waals surface area contributed by atoms with E-state index < -0.39 is 0 Å². The van der Waals surface area contributed by atoms with Crippen LogP contribution in [0.5, 0.6) is 0 Å². The molecule has 0 bridgehead atoms. The number of nitrogens with zero attached hydrogens (tertiary/aromatic N) is 2. The second-order valence-corrected chi connectivity index (χ2v) is 3.67. The highest BCUT2D eigenvalue weighted by molar-refractivity contribution is 5.24. The zero-order chi connectivity index (χ0) is 10.6. The van der Waals surface area contributed by atoms with Crippen molar-refractivity contribution in [1.29, 1.82) is 0 Å². The SMILES string of the molecule is CCN(C)c1nc(CNC(C)C)co1. The summed E-state index contributed by atoms with van der Waals surface area (Å²) < 4.78 is 5.32. The standard InChI is InChI=1S/C10H19N3O/c1-5-13(4)10-12-9(7-14-10)6-11-8(2)3/h7-8,11H,5-6H2,1-4H3. The highest BCUT2D eigenvalue weighted by atomic mass is 16.4. The van der Waals surface area contributed by atoms with Crippen LogP contribution in [0.15, 0.2) is 10.7 Å². The number of rotatable bonds is 5. The van der Waals surface area contributed by atoms with Crippen molar-refractivity contribution in [3.8, 4) is 0 Å². The number of anilines is 1. The van der Waals surface area contributed by atoms with Gasteiger partial charge in [0.25, 0.3) is 6.01 Å². The topological polar surface area (TPSA) is 41.3 Å². The number of nitrogens with one attached hydrogen (secondary N) is 1. The van der Waals surface area contributed by atoms with Gasteiger partial charge >= 0.3 is 0 Å². The molecule has 14 heavy (non-hydrogen) atoms. The Morgan fingerprint density at radius 1 is 1.57 bits per heavy atom. The van der Waals surface area contributed by atoms with Gasteiger partial charge in [-0.25, -0.2) is 0 Å². The predicted molar refractivity (Wildman–Crippen MR) is 57.4 cm³/mol. The molecule has 0 aliphatic rings. The molecule has 0 aromatic carbocycles. The second-order valence-electron chi connectivity index (χ2n) is 3.67. The lowest BCUT2D eigenvalue weighted by atomic mass is 10.4. The van der Waals surface area contributed by atoms with E-state index in [-0.39, 0.29) is 0 Å². The summed E-state index contributed by atoms with van der Waals surface area (Å²) in [4.78, 5) is 6.32. The maximum absolute atomic E-state index is 5.32. The highest BCUT2D eigenvalue weighted by Crippen LogP contribution is 2.11. The summed E-state index contributed by atoms with van der Waals surface area (Å²) in [6, 6.07) is 1.16. The van der Waals surface area contributed by atoms with E-state index in [1.54, 1.807) is 6.26 Å². The molecule has 0 aliphatic carbocycles. The lowest BCUT2D eigenvalue weighted by Crippen LogP contribution is -2.22. The zero-order valence-corrected chi connectivity index (χ0v) is 9.37. The number of oxazole rings is 1. The van der Waals surface area contributed by atoms with Crippen molar-refractivity contribution in [1.82, 2.24) is 10.3 Å². The predicted octanol–water partition coefficient (Wildman–Crippen LogP) is 1.63. The molecule has 4 nitrogen and oxygen atoms in total. The molecule has 0 saturated heterocycles. The molecular weight excluding hydrogens is 178 g/mol. The first-order valence-corrected chi connectivity index (χ1v) is 5.02. The van der Waals surface area contributed by atoms with Crippen LogP contribution in [0.1, 0.15) is 26.5 Å². The quantitative estimate of drug-likeness (QED) is 0.779. The van der Waals surface area contributed by atoms with Gasteiger partial charge < -0.3 is 14.6 Å². The molecular formula is C10H19N3O. The molecule has 0 aliphatic heterocycles. The fourth-order valence-corrected chi connectivity index (χ4v) is 0.997. The van der Waals surface area contributed by atoms with Crippen LogP contribution >= 0.6 is 0 Å². The Labute approximate surface area is 85.3 Å². The van der Waals surface area contributed by atoms with Crippen LogP contribution in [-0.2, 0) is 6.54 Å². The van der Waals surface area contributed by atoms with Gasteiger partial charge in [0.1, 0.15) is 6.26 Å². The van der Waals surface area contributed by atoms with Crippen LogP contribution in [0.2, 0.25) is 0 Å². The van der Waals surface area contributed by atoms with Crippen LogP contribution in [0, 0.1) is 0 Å². The molecule has 1 N–H and O–H groups in total. The van der Waals surface area contributed by atoms with E-state index in [9.17, 15) is 0 Å². The Morgan fingerprint density at radius 3 is 2.86 bits per heavy atom. The van der Waals surface area contributed by atoms with Crippen molar-refractivity contribution >= 4 is 6.01 Å². The maximum atomic E-state index is 5.32. The third-order valence-corrected chi connectivity index (χ3v) is 2.03. The van der Waals surface area contributed by atoms with Gasteiger partial charge in [0.2, 0.25) is 0 Å². The molecule has 0 radical (unpaired) electrons. The van der Waals surface area contributed by atoms with Gasteiger partial charge in [0.15, 0.2) is 0 Å². The lowest BCUT2D eigenvalue weighted by molar-refractivity contribution is 0.543. The Balaban J connectivity index is 2.50. The summed E-state index contributed by atoms with van der Waals surface area (Å²) in [6.45, 7) is 7.95. The smallest absolute Gasteiger partial charge is 0.297 e. The van der Waals surface area contributed by atoms with Crippen molar-refractivity contribution in [2.45, 2.75) is 33.4 Å². The fraction of sp³-hybridized carbons (Fsp3) is 0.700.